The van der Waals surface area contributed by atoms with Gasteiger partial charge >= 0.3 is 0 Å². The highest BCUT2D eigenvalue weighted by Crippen LogP contribution is 2.28. The Morgan fingerprint density at radius 3 is 2.76 bits per heavy atom. The fraction of sp³-hybridized carbons (Fsp3) is 0.0667. The van der Waals surface area contributed by atoms with Crippen molar-refractivity contribution in [3.8, 4) is 5.75 Å². The molecule has 6 heteroatoms. The molecule has 21 heavy (non-hydrogen) atoms. The van der Waals surface area contributed by atoms with Crippen molar-refractivity contribution in [2.45, 2.75) is 0 Å². The van der Waals surface area contributed by atoms with Crippen molar-refractivity contribution in [2.24, 2.45) is 0 Å². The van der Waals surface area contributed by atoms with Crippen molar-refractivity contribution in [3.05, 3.63) is 53.6 Å². The zero-order valence-electron chi connectivity index (χ0n) is 11.1. The average molecular weight is 304 g/mol. The van der Waals surface area contributed by atoms with Crippen molar-refractivity contribution < 1.29 is 9.13 Å². The van der Waals surface area contributed by atoms with Gasteiger partial charge in [0.2, 0.25) is 0 Å². The van der Waals surface area contributed by atoms with E-state index in [-0.39, 0.29) is 0 Å². The predicted octanol–water partition coefficient (Wildman–Crippen LogP) is 4.17. The van der Waals surface area contributed by atoms with Gasteiger partial charge < -0.3 is 10.1 Å². The number of hydrogen-bond donors (Lipinski definition) is 1. The Morgan fingerprint density at radius 2 is 2.00 bits per heavy atom. The maximum Gasteiger partial charge on any atom is 0.148 e. The van der Waals surface area contributed by atoms with Crippen molar-refractivity contribution in [1.82, 2.24) is 9.97 Å². The summed E-state index contributed by atoms with van der Waals surface area (Å²) in [6, 6.07) is 9.84. The number of anilines is 2. The third-order valence-corrected chi connectivity index (χ3v) is 3.26. The molecule has 2 aromatic carbocycles. The van der Waals surface area contributed by atoms with Crippen LogP contribution in [0.5, 0.6) is 5.75 Å². The number of ether oxygens (including phenoxy) is 1. The lowest BCUT2D eigenvalue weighted by atomic mass is 10.2. The third kappa shape index (κ3) is 2.73. The molecule has 0 aliphatic carbocycles. The molecule has 0 saturated heterocycles. The molecule has 0 aliphatic rings. The molecule has 0 radical (unpaired) electrons. The molecule has 3 aromatic rings. The molecule has 0 atom stereocenters. The highest BCUT2D eigenvalue weighted by molar-refractivity contribution is 6.30. The van der Waals surface area contributed by atoms with E-state index in [0.29, 0.717) is 22.3 Å². The van der Waals surface area contributed by atoms with Gasteiger partial charge in [0.1, 0.15) is 23.7 Å². The van der Waals surface area contributed by atoms with Gasteiger partial charge in [0, 0.05) is 10.4 Å². The molecule has 1 N–H and O–H groups in total. The lowest BCUT2D eigenvalue weighted by Gasteiger charge is -2.10. The van der Waals surface area contributed by atoms with Gasteiger partial charge in [0.05, 0.1) is 18.3 Å². The quantitative estimate of drug-likeness (QED) is 0.788. The van der Waals surface area contributed by atoms with Crippen LogP contribution in [-0.2, 0) is 0 Å². The Labute approximate surface area is 125 Å². The monoisotopic (exact) mass is 303 g/mol. The van der Waals surface area contributed by atoms with E-state index in [1.54, 1.807) is 25.3 Å². The van der Waals surface area contributed by atoms with E-state index in [9.17, 15) is 4.39 Å². The second-order valence-electron chi connectivity index (χ2n) is 4.35. The summed E-state index contributed by atoms with van der Waals surface area (Å²) < 4.78 is 19.1. The Bertz CT molecular complexity index is 810. The SMILES string of the molecule is COc1ccc2ncnc(Nc3ccc(Cl)cc3F)c2c1. The van der Waals surface area contributed by atoms with E-state index in [1.165, 1.54) is 12.4 Å². The standard InChI is InChI=1S/C15H11ClFN3O/c1-21-10-3-5-13-11(7-10)15(19-8-18-13)20-14-4-2-9(16)6-12(14)17/h2-8H,1H3,(H,18,19,20). The predicted molar refractivity (Wildman–Crippen MR) is 80.8 cm³/mol. The van der Waals surface area contributed by atoms with Crippen LogP contribution in [-0.4, -0.2) is 17.1 Å². The molecule has 0 spiro atoms. The Morgan fingerprint density at radius 1 is 1.14 bits per heavy atom. The first-order chi connectivity index (χ1) is 10.2. The third-order valence-electron chi connectivity index (χ3n) is 3.03. The van der Waals surface area contributed by atoms with Crippen LogP contribution in [0.4, 0.5) is 15.9 Å². The van der Waals surface area contributed by atoms with Gasteiger partial charge in [-0.2, -0.15) is 0 Å². The zero-order chi connectivity index (χ0) is 14.8. The van der Waals surface area contributed by atoms with E-state index in [1.807, 2.05) is 12.1 Å². The molecule has 0 fully saturated rings. The molecule has 0 amide bonds. The Balaban J connectivity index is 2.07. The molecule has 0 aliphatic heterocycles. The zero-order valence-corrected chi connectivity index (χ0v) is 11.9. The van der Waals surface area contributed by atoms with Gasteiger partial charge in [0.25, 0.3) is 0 Å². The van der Waals surface area contributed by atoms with Crippen molar-refractivity contribution in [3.63, 3.8) is 0 Å². The van der Waals surface area contributed by atoms with Crippen LogP contribution in [0.3, 0.4) is 0 Å². The van der Waals surface area contributed by atoms with Crippen molar-refractivity contribution >= 4 is 34.0 Å². The van der Waals surface area contributed by atoms with E-state index in [4.69, 9.17) is 16.3 Å². The minimum Gasteiger partial charge on any atom is -0.497 e. The second-order valence-corrected chi connectivity index (χ2v) is 4.79. The first-order valence-corrected chi connectivity index (χ1v) is 6.56. The largest absolute Gasteiger partial charge is 0.497 e. The lowest BCUT2D eigenvalue weighted by Crippen LogP contribution is -1.98. The molecule has 0 unspecified atom stereocenters. The first-order valence-electron chi connectivity index (χ1n) is 6.18. The molecule has 0 bridgehead atoms. The maximum absolute atomic E-state index is 13.9. The lowest BCUT2D eigenvalue weighted by molar-refractivity contribution is 0.415. The van der Waals surface area contributed by atoms with Gasteiger partial charge in [-0.3, -0.25) is 0 Å². The normalized spacial score (nSPS) is 10.6. The molecular formula is C15H11ClFN3O. The summed E-state index contributed by atoms with van der Waals surface area (Å²) in [5.41, 5.74) is 1.03. The molecule has 1 heterocycles. The van der Waals surface area contributed by atoms with Crippen LogP contribution in [0, 0.1) is 5.82 Å². The number of rotatable bonds is 3. The molecule has 0 saturated carbocycles. The van der Waals surface area contributed by atoms with Gasteiger partial charge in [-0.1, -0.05) is 11.6 Å². The maximum atomic E-state index is 13.9. The van der Waals surface area contributed by atoms with E-state index in [2.05, 4.69) is 15.3 Å². The number of halogens is 2. The van der Waals surface area contributed by atoms with Crippen LogP contribution in [0.25, 0.3) is 10.9 Å². The van der Waals surface area contributed by atoms with Crippen LogP contribution in [0.1, 0.15) is 0 Å². The highest BCUT2D eigenvalue weighted by Gasteiger charge is 2.08. The molecule has 4 nitrogen and oxygen atoms in total. The van der Waals surface area contributed by atoms with Crippen LogP contribution < -0.4 is 10.1 Å². The summed E-state index contributed by atoms with van der Waals surface area (Å²) in [4.78, 5) is 8.34. The highest BCUT2D eigenvalue weighted by atomic mass is 35.5. The number of aromatic nitrogens is 2. The average Bonchev–Trinajstić information content (AvgIpc) is 2.50. The van der Waals surface area contributed by atoms with Gasteiger partial charge in [0.15, 0.2) is 0 Å². The number of methoxy groups -OCH3 is 1. The number of benzene rings is 2. The van der Waals surface area contributed by atoms with E-state index in [0.717, 1.165) is 10.9 Å². The van der Waals surface area contributed by atoms with Gasteiger partial charge in [-0.05, 0) is 36.4 Å². The summed E-state index contributed by atoms with van der Waals surface area (Å²) in [5, 5.41) is 4.04. The van der Waals surface area contributed by atoms with Gasteiger partial charge in [-0.25, -0.2) is 14.4 Å². The Hall–Kier alpha value is -2.40. The van der Waals surface area contributed by atoms with Crippen LogP contribution in [0.15, 0.2) is 42.7 Å². The number of hydrogen-bond acceptors (Lipinski definition) is 4. The number of nitrogens with zero attached hydrogens (tertiary/aromatic N) is 2. The molecular weight excluding hydrogens is 293 g/mol. The minimum atomic E-state index is -0.447. The summed E-state index contributed by atoms with van der Waals surface area (Å²) in [5.74, 6) is 0.731. The summed E-state index contributed by atoms with van der Waals surface area (Å²) in [6.45, 7) is 0. The smallest absolute Gasteiger partial charge is 0.148 e. The van der Waals surface area contributed by atoms with Crippen molar-refractivity contribution in [1.29, 1.82) is 0 Å². The first kappa shape index (κ1) is 13.6. The van der Waals surface area contributed by atoms with Gasteiger partial charge in [-0.15, -0.1) is 0 Å². The topological polar surface area (TPSA) is 47.0 Å². The second kappa shape index (κ2) is 5.54. The molecule has 1 aromatic heterocycles. The fourth-order valence-corrected chi connectivity index (χ4v) is 2.14. The summed E-state index contributed by atoms with van der Waals surface area (Å²) in [7, 11) is 1.58. The fourth-order valence-electron chi connectivity index (χ4n) is 1.98. The van der Waals surface area contributed by atoms with Crippen LogP contribution in [0.2, 0.25) is 5.02 Å². The van der Waals surface area contributed by atoms with Crippen molar-refractivity contribution in [2.75, 3.05) is 12.4 Å². The Kier molecular flexibility index (Phi) is 3.58. The summed E-state index contributed by atoms with van der Waals surface area (Å²) >= 11 is 5.74. The summed E-state index contributed by atoms with van der Waals surface area (Å²) in [6.07, 6.45) is 1.42. The van der Waals surface area contributed by atoms with E-state index < -0.39 is 5.82 Å². The number of nitrogens with one attached hydrogen (secondary N) is 1. The van der Waals surface area contributed by atoms with E-state index >= 15 is 0 Å². The number of fused-ring (bicyclic) bond motifs is 1. The van der Waals surface area contributed by atoms with Crippen LogP contribution >= 0.6 is 11.6 Å². The minimum absolute atomic E-state index is 0.294. The molecule has 106 valence electrons. The molecule has 3 rings (SSSR count).